The maximum atomic E-state index is 10.7. The summed E-state index contributed by atoms with van der Waals surface area (Å²) in [5, 5.41) is 14.1. The Morgan fingerprint density at radius 1 is 1.33 bits per heavy atom. The van der Waals surface area contributed by atoms with Crippen LogP contribution in [-0.4, -0.2) is 11.5 Å². The standard InChI is InChI=1S/C13H17BrN2O2/c14-12-7-6-11(16(17)18)8-13(12)15-9-10-4-2-1-3-5-10/h6-8,10,15H,1-5,9H2. The molecule has 1 aromatic rings. The molecule has 1 aromatic carbocycles. The second kappa shape index (κ2) is 6.18. The third-order valence-electron chi connectivity index (χ3n) is 3.47. The van der Waals surface area contributed by atoms with E-state index in [4.69, 9.17) is 0 Å². The predicted molar refractivity (Wildman–Crippen MR) is 75.9 cm³/mol. The van der Waals surface area contributed by atoms with Crippen LogP contribution in [0.15, 0.2) is 22.7 Å². The molecule has 0 amide bonds. The second-order valence-electron chi connectivity index (χ2n) is 4.81. The average Bonchev–Trinajstić information content (AvgIpc) is 2.38. The number of anilines is 1. The number of benzene rings is 1. The van der Waals surface area contributed by atoms with E-state index in [1.54, 1.807) is 12.1 Å². The minimum Gasteiger partial charge on any atom is -0.384 e. The van der Waals surface area contributed by atoms with Crippen molar-refractivity contribution in [3.05, 3.63) is 32.8 Å². The Morgan fingerprint density at radius 3 is 2.72 bits per heavy atom. The highest BCUT2D eigenvalue weighted by Gasteiger charge is 2.14. The summed E-state index contributed by atoms with van der Waals surface area (Å²) in [6, 6.07) is 4.82. The van der Waals surface area contributed by atoms with E-state index in [1.807, 2.05) is 0 Å². The summed E-state index contributed by atoms with van der Waals surface area (Å²) in [6.45, 7) is 0.903. The number of halogens is 1. The van der Waals surface area contributed by atoms with Crippen molar-refractivity contribution in [3.8, 4) is 0 Å². The summed E-state index contributed by atoms with van der Waals surface area (Å²) in [5.41, 5.74) is 0.944. The van der Waals surface area contributed by atoms with Gasteiger partial charge >= 0.3 is 0 Å². The van der Waals surface area contributed by atoms with Crippen molar-refractivity contribution >= 4 is 27.3 Å². The number of nitrogens with one attached hydrogen (secondary N) is 1. The van der Waals surface area contributed by atoms with Crippen LogP contribution in [0.5, 0.6) is 0 Å². The van der Waals surface area contributed by atoms with Gasteiger partial charge in [-0.25, -0.2) is 0 Å². The Bertz CT molecular complexity index is 431. The third kappa shape index (κ3) is 3.45. The number of nitro benzene ring substituents is 1. The van der Waals surface area contributed by atoms with Gasteiger partial charge in [0.25, 0.3) is 5.69 Å². The molecule has 1 aliphatic carbocycles. The molecule has 0 unspecified atom stereocenters. The lowest BCUT2D eigenvalue weighted by molar-refractivity contribution is -0.384. The highest BCUT2D eigenvalue weighted by molar-refractivity contribution is 9.10. The number of nitro groups is 1. The van der Waals surface area contributed by atoms with Crippen LogP contribution in [0.2, 0.25) is 0 Å². The summed E-state index contributed by atoms with van der Waals surface area (Å²) < 4.78 is 0.879. The van der Waals surface area contributed by atoms with Crippen molar-refractivity contribution in [1.82, 2.24) is 0 Å². The zero-order valence-corrected chi connectivity index (χ0v) is 11.8. The van der Waals surface area contributed by atoms with Gasteiger partial charge < -0.3 is 5.32 Å². The SMILES string of the molecule is O=[N+]([O-])c1ccc(Br)c(NCC2CCCCC2)c1. The van der Waals surface area contributed by atoms with Crippen molar-refractivity contribution in [3.63, 3.8) is 0 Å². The topological polar surface area (TPSA) is 55.2 Å². The average molecular weight is 313 g/mol. The van der Waals surface area contributed by atoms with E-state index in [-0.39, 0.29) is 10.6 Å². The molecule has 0 spiro atoms. The van der Waals surface area contributed by atoms with Gasteiger partial charge in [0.2, 0.25) is 0 Å². The van der Waals surface area contributed by atoms with Crippen molar-refractivity contribution in [2.24, 2.45) is 5.92 Å². The maximum absolute atomic E-state index is 10.7. The number of hydrogen-bond donors (Lipinski definition) is 1. The van der Waals surface area contributed by atoms with Gasteiger partial charge in [-0.1, -0.05) is 19.3 Å². The molecular formula is C13H17BrN2O2. The summed E-state index contributed by atoms with van der Waals surface area (Å²) in [7, 11) is 0. The predicted octanol–water partition coefficient (Wildman–Crippen LogP) is 4.35. The molecule has 0 aliphatic heterocycles. The zero-order chi connectivity index (χ0) is 13.0. The van der Waals surface area contributed by atoms with E-state index in [1.165, 1.54) is 38.2 Å². The minimum absolute atomic E-state index is 0.129. The lowest BCUT2D eigenvalue weighted by Gasteiger charge is -2.22. The molecule has 0 aromatic heterocycles. The van der Waals surface area contributed by atoms with Crippen molar-refractivity contribution < 1.29 is 4.92 Å². The van der Waals surface area contributed by atoms with E-state index in [9.17, 15) is 10.1 Å². The van der Waals surface area contributed by atoms with Gasteiger partial charge in [0.1, 0.15) is 0 Å². The first-order valence-electron chi connectivity index (χ1n) is 6.34. The Morgan fingerprint density at radius 2 is 2.06 bits per heavy atom. The highest BCUT2D eigenvalue weighted by Crippen LogP contribution is 2.29. The summed E-state index contributed by atoms with van der Waals surface area (Å²) >= 11 is 3.42. The first-order chi connectivity index (χ1) is 8.66. The molecular weight excluding hydrogens is 296 g/mol. The van der Waals surface area contributed by atoms with Crippen LogP contribution in [0, 0.1) is 16.0 Å². The zero-order valence-electron chi connectivity index (χ0n) is 10.2. The Hall–Kier alpha value is -1.10. The molecule has 98 valence electrons. The van der Waals surface area contributed by atoms with E-state index >= 15 is 0 Å². The second-order valence-corrected chi connectivity index (χ2v) is 5.66. The largest absolute Gasteiger partial charge is 0.384 e. The molecule has 1 fully saturated rings. The van der Waals surface area contributed by atoms with Crippen LogP contribution >= 0.6 is 15.9 Å². The first kappa shape index (κ1) is 13.3. The fourth-order valence-electron chi connectivity index (χ4n) is 2.41. The summed E-state index contributed by atoms with van der Waals surface area (Å²) in [4.78, 5) is 10.4. The number of nitrogens with zero attached hydrogens (tertiary/aromatic N) is 1. The normalized spacial score (nSPS) is 16.5. The molecule has 18 heavy (non-hydrogen) atoms. The number of hydrogen-bond acceptors (Lipinski definition) is 3. The number of non-ortho nitro benzene ring substituents is 1. The molecule has 0 saturated heterocycles. The van der Waals surface area contributed by atoms with Crippen LogP contribution < -0.4 is 5.32 Å². The maximum Gasteiger partial charge on any atom is 0.271 e. The molecule has 1 saturated carbocycles. The fraction of sp³-hybridized carbons (Fsp3) is 0.538. The first-order valence-corrected chi connectivity index (χ1v) is 7.14. The molecule has 4 nitrogen and oxygen atoms in total. The molecule has 2 rings (SSSR count). The summed E-state index contributed by atoms with van der Waals surface area (Å²) in [6.07, 6.45) is 6.49. The lowest BCUT2D eigenvalue weighted by Crippen LogP contribution is -2.17. The Balaban J connectivity index is 1.99. The highest BCUT2D eigenvalue weighted by atomic mass is 79.9. The van der Waals surface area contributed by atoms with Crippen molar-refractivity contribution in [1.29, 1.82) is 0 Å². The van der Waals surface area contributed by atoms with E-state index in [2.05, 4.69) is 21.2 Å². The van der Waals surface area contributed by atoms with Gasteiger partial charge in [-0.3, -0.25) is 10.1 Å². The molecule has 1 aliphatic rings. The lowest BCUT2D eigenvalue weighted by atomic mass is 9.89. The van der Waals surface area contributed by atoms with Crippen LogP contribution in [0.1, 0.15) is 32.1 Å². The third-order valence-corrected chi connectivity index (χ3v) is 4.16. The smallest absolute Gasteiger partial charge is 0.271 e. The van der Waals surface area contributed by atoms with E-state index in [0.29, 0.717) is 5.92 Å². The van der Waals surface area contributed by atoms with Crippen LogP contribution in [0.3, 0.4) is 0 Å². The van der Waals surface area contributed by atoms with Gasteiger partial charge in [0, 0.05) is 23.2 Å². The molecule has 5 heteroatoms. The molecule has 0 heterocycles. The van der Waals surface area contributed by atoms with Crippen molar-refractivity contribution in [2.45, 2.75) is 32.1 Å². The monoisotopic (exact) mass is 312 g/mol. The molecule has 0 radical (unpaired) electrons. The van der Waals surface area contributed by atoms with Crippen LogP contribution in [0.4, 0.5) is 11.4 Å². The Labute approximate surface area is 115 Å². The van der Waals surface area contributed by atoms with E-state index in [0.717, 1.165) is 16.7 Å². The van der Waals surface area contributed by atoms with Gasteiger partial charge in [0.15, 0.2) is 0 Å². The quantitative estimate of drug-likeness (QED) is 0.664. The van der Waals surface area contributed by atoms with E-state index < -0.39 is 0 Å². The van der Waals surface area contributed by atoms with Gasteiger partial charge in [-0.05, 0) is 40.8 Å². The minimum atomic E-state index is -0.363. The Kier molecular flexibility index (Phi) is 4.58. The van der Waals surface area contributed by atoms with Gasteiger partial charge in [-0.15, -0.1) is 0 Å². The van der Waals surface area contributed by atoms with Crippen LogP contribution in [-0.2, 0) is 0 Å². The van der Waals surface area contributed by atoms with Gasteiger partial charge in [-0.2, -0.15) is 0 Å². The molecule has 0 bridgehead atoms. The summed E-state index contributed by atoms with van der Waals surface area (Å²) in [5.74, 6) is 0.699. The molecule has 1 N–H and O–H groups in total. The number of rotatable bonds is 4. The van der Waals surface area contributed by atoms with Crippen molar-refractivity contribution in [2.75, 3.05) is 11.9 Å². The van der Waals surface area contributed by atoms with Crippen LogP contribution in [0.25, 0.3) is 0 Å². The molecule has 0 atom stereocenters. The van der Waals surface area contributed by atoms with Gasteiger partial charge in [0.05, 0.1) is 10.6 Å². The fourth-order valence-corrected chi connectivity index (χ4v) is 2.79.